The molecule has 0 bridgehead atoms. The zero-order valence-electron chi connectivity index (χ0n) is 10.9. The zero-order chi connectivity index (χ0) is 14.3. The predicted octanol–water partition coefficient (Wildman–Crippen LogP) is 1.36. The Morgan fingerprint density at radius 3 is 2.74 bits per heavy atom. The van der Waals surface area contributed by atoms with Gasteiger partial charge in [-0.05, 0) is 25.1 Å². The van der Waals surface area contributed by atoms with Gasteiger partial charge in [-0.15, -0.1) is 0 Å². The van der Waals surface area contributed by atoms with Crippen molar-refractivity contribution in [3.8, 4) is 11.8 Å². The van der Waals surface area contributed by atoms with Crippen molar-refractivity contribution < 1.29 is 19.1 Å². The van der Waals surface area contributed by atoms with E-state index in [1.807, 2.05) is 0 Å². The Kier molecular flexibility index (Phi) is 5.42. The molecule has 0 aliphatic heterocycles. The third-order valence-corrected chi connectivity index (χ3v) is 2.24. The first-order valence-electron chi connectivity index (χ1n) is 5.70. The minimum absolute atomic E-state index is 0.00435. The highest BCUT2D eigenvalue weighted by molar-refractivity contribution is 5.95. The lowest BCUT2D eigenvalue weighted by Gasteiger charge is -2.05. The minimum Gasteiger partial charge on any atom is -0.468 e. The molecule has 0 unspecified atom stereocenters. The summed E-state index contributed by atoms with van der Waals surface area (Å²) < 4.78 is 9.35. The molecule has 0 amide bonds. The molecule has 0 aliphatic rings. The number of methoxy groups -OCH3 is 1. The molecule has 0 aliphatic carbocycles. The average molecular weight is 261 g/mol. The van der Waals surface area contributed by atoms with Crippen molar-refractivity contribution in [1.82, 2.24) is 0 Å². The second-order valence-corrected chi connectivity index (χ2v) is 3.58. The molecule has 2 N–H and O–H groups in total. The van der Waals surface area contributed by atoms with Crippen LogP contribution in [0.3, 0.4) is 0 Å². The van der Waals surface area contributed by atoms with E-state index in [-0.39, 0.29) is 18.6 Å². The van der Waals surface area contributed by atoms with E-state index in [2.05, 4.69) is 16.6 Å². The van der Waals surface area contributed by atoms with Crippen LogP contribution in [-0.2, 0) is 14.3 Å². The first-order valence-corrected chi connectivity index (χ1v) is 5.70. The maximum atomic E-state index is 11.6. The van der Waals surface area contributed by atoms with Crippen LogP contribution in [0.15, 0.2) is 18.2 Å². The zero-order valence-corrected chi connectivity index (χ0v) is 10.9. The lowest BCUT2D eigenvalue weighted by Crippen LogP contribution is -2.08. The largest absolute Gasteiger partial charge is 0.468 e. The van der Waals surface area contributed by atoms with Crippen LogP contribution < -0.4 is 5.73 Å². The molecule has 0 radical (unpaired) electrons. The number of hydrogen-bond acceptors (Lipinski definition) is 5. The van der Waals surface area contributed by atoms with Crippen molar-refractivity contribution in [3.63, 3.8) is 0 Å². The Balaban J connectivity index is 2.90. The molecule has 5 nitrogen and oxygen atoms in total. The number of carbonyl (C=O) groups is 2. The Morgan fingerprint density at radius 1 is 1.37 bits per heavy atom. The van der Waals surface area contributed by atoms with E-state index in [0.29, 0.717) is 11.3 Å². The van der Waals surface area contributed by atoms with Gasteiger partial charge in [-0.25, -0.2) is 4.79 Å². The van der Waals surface area contributed by atoms with E-state index in [1.54, 1.807) is 19.1 Å². The molecule has 1 aromatic carbocycles. The fourth-order valence-electron chi connectivity index (χ4n) is 1.31. The van der Waals surface area contributed by atoms with Gasteiger partial charge in [0.05, 0.1) is 19.3 Å². The number of ether oxygens (including phenoxy) is 2. The number of benzene rings is 1. The summed E-state index contributed by atoms with van der Waals surface area (Å²) in [7, 11) is 1.30. The highest BCUT2D eigenvalue weighted by atomic mass is 16.5. The molecule has 100 valence electrons. The fraction of sp³-hybridized carbons (Fsp3) is 0.286. The van der Waals surface area contributed by atoms with Crippen molar-refractivity contribution >= 4 is 17.6 Å². The maximum Gasteiger partial charge on any atom is 0.340 e. The van der Waals surface area contributed by atoms with E-state index in [9.17, 15) is 9.59 Å². The normalized spacial score (nSPS) is 9.16. The van der Waals surface area contributed by atoms with E-state index < -0.39 is 11.9 Å². The van der Waals surface area contributed by atoms with Crippen LogP contribution in [-0.4, -0.2) is 25.7 Å². The first-order chi connectivity index (χ1) is 9.08. The molecule has 0 fully saturated rings. The molecule has 0 saturated carbocycles. The summed E-state index contributed by atoms with van der Waals surface area (Å²) in [5.41, 5.74) is 6.88. The van der Waals surface area contributed by atoms with Crippen LogP contribution >= 0.6 is 0 Å². The molecular formula is C14H15NO4. The van der Waals surface area contributed by atoms with Crippen LogP contribution in [0.4, 0.5) is 5.69 Å². The van der Waals surface area contributed by atoms with Gasteiger partial charge in [0.1, 0.15) is 6.42 Å². The second-order valence-electron chi connectivity index (χ2n) is 3.58. The van der Waals surface area contributed by atoms with Crippen molar-refractivity contribution in [1.29, 1.82) is 0 Å². The van der Waals surface area contributed by atoms with Crippen molar-refractivity contribution in [2.45, 2.75) is 13.3 Å². The van der Waals surface area contributed by atoms with Crippen molar-refractivity contribution in [2.75, 3.05) is 19.5 Å². The predicted molar refractivity (Wildman–Crippen MR) is 70.3 cm³/mol. The summed E-state index contributed by atoms with van der Waals surface area (Å²) in [5, 5.41) is 0. The molecule has 0 spiro atoms. The number of carbonyl (C=O) groups excluding carboxylic acids is 2. The highest BCUT2D eigenvalue weighted by Crippen LogP contribution is 2.15. The number of nitrogen functional groups attached to an aromatic ring is 1. The van der Waals surface area contributed by atoms with Gasteiger partial charge in [0, 0.05) is 11.3 Å². The van der Waals surface area contributed by atoms with Crippen LogP contribution in [0.1, 0.15) is 29.3 Å². The number of hydrogen-bond donors (Lipinski definition) is 1. The Labute approximate surface area is 111 Å². The summed E-state index contributed by atoms with van der Waals surface area (Å²) in [5.74, 6) is 4.51. The molecule has 19 heavy (non-hydrogen) atoms. The second kappa shape index (κ2) is 7.07. The Morgan fingerprint density at radius 2 is 2.11 bits per heavy atom. The van der Waals surface area contributed by atoms with Gasteiger partial charge in [0.15, 0.2) is 0 Å². The van der Waals surface area contributed by atoms with E-state index in [4.69, 9.17) is 10.5 Å². The lowest BCUT2D eigenvalue weighted by molar-refractivity contribution is -0.139. The smallest absolute Gasteiger partial charge is 0.340 e. The monoisotopic (exact) mass is 261 g/mol. The summed E-state index contributed by atoms with van der Waals surface area (Å²) in [4.78, 5) is 22.5. The van der Waals surface area contributed by atoms with E-state index in [0.717, 1.165) is 0 Å². The SMILES string of the molecule is CCOC(=O)c1cc(C#CCC(=O)OC)ccc1N. The van der Waals surface area contributed by atoms with Gasteiger partial charge in [-0.2, -0.15) is 0 Å². The summed E-state index contributed by atoms with van der Waals surface area (Å²) >= 11 is 0. The van der Waals surface area contributed by atoms with Crippen molar-refractivity contribution in [2.24, 2.45) is 0 Å². The molecule has 0 aromatic heterocycles. The number of esters is 2. The molecule has 0 atom stereocenters. The molecule has 0 saturated heterocycles. The molecule has 0 heterocycles. The van der Waals surface area contributed by atoms with Crippen LogP contribution in [0.5, 0.6) is 0 Å². The van der Waals surface area contributed by atoms with E-state index in [1.165, 1.54) is 13.2 Å². The molecular weight excluding hydrogens is 246 g/mol. The van der Waals surface area contributed by atoms with Crippen LogP contribution in [0.25, 0.3) is 0 Å². The standard InChI is InChI=1S/C14H15NO4/c1-3-19-14(17)11-9-10(7-8-12(11)15)5-4-6-13(16)18-2/h7-9H,3,6,15H2,1-2H3. The molecule has 1 aromatic rings. The number of rotatable bonds is 3. The third-order valence-electron chi connectivity index (χ3n) is 2.24. The number of anilines is 1. The van der Waals surface area contributed by atoms with Gasteiger partial charge >= 0.3 is 11.9 Å². The first kappa shape index (κ1) is 14.6. The van der Waals surface area contributed by atoms with Crippen LogP contribution in [0, 0.1) is 11.8 Å². The molecule has 1 rings (SSSR count). The fourth-order valence-corrected chi connectivity index (χ4v) is 1.31. The minimum atomic E-state index is -0.489. The topological polar surface area (TPSA) is 78.6 Å². The van der Waals surface area contributed by atoms with Gasteiger partial charge in [0.2, 0.25) is 0 Å². The van der Waals surface area contributed by atoms with Gasteiger partial charge in [-0.3, -0.25) is 4.79 Å². The average Bonchev–Trinajstić information content (AvgIpc) is 2.40. The summed E-state index contributed by atoms with van der Waals surface area (Å²) in [6, 6.07) is 4.79. The van der Waals surface area contributed by atoms with Crippen molar-refractivity contribution in [3.05, 3.63) is 29.3 Å². The maximum absolute atomic E-state index is 11.6. The quantitative estimate of drug-likeness (QED) is 0.505. The number of nitrogens with two attached hydrogens (primary N) is 1. The summed E-state index contributed by atoms with van der Waals surface area (Å²) in [6.07, 6.45) is -0.00435. The van der Waals surface area contributed by atoms with E-state index >= 15 is 0 Å². The van der Waals surface area contributed by atoms with Gasteiger partial charge in [-0.1, -0.05) is 11.8 Å². The Bertz CT molecular complexity index is 540. The highest BCUT2D eigenvalue weighted by Gasteiger charge is 2.10. The van der Waals surface area contributed by atoms with Crippen LogP contribution in [0.2, 0.25) is 0 Å². The summed E-state index contributed by atoms with van der Waals surface area (Å²) in [6.45, 7) is 1.99. The Hall–Kier alpha value is -2.48. The van der Waals surface area contributed by atoms with Gasteiger partial charge < -0.3 is 15.2 Å². The lowest BCUT2D eigenvalue weighted by atomic mass is 10.1. The third kappa shape index (κ3) is 4.36. The van der Waals surface area contributed by atoms with Gasteiger partial charge in [0.25, 0.3) is 0 Å². The molecule has 5 heteroatoms.